The molecule has 1 amide bonds. The van der Waals surface area contributed by atoms with E-state index in [1.165, 1.54) is 11.1 Å². The topological polar surface area (TPSA) is 54.5 Å². The molecule has 0 aliphatic carbocycles. The van der Waals surface area contributed by atoms with E-state index < -0.39 is 5.60 Å². The van der Waals surface area contributed by atoms with Gasteiger partial charge in [-0.3, -0.25) is 4.90 Å². The number of nitrogens with zero attached hydrogens (tertiary/aromatic N) is 3. The Hall–Kier alpha value is -1.99. The van der Waals surface area contributed by atoms with Crippen molar-refractivity contribution in [3.05, 3.63) is 23.3 Å². The third-order valence-corrected chi connectivity index (χ3v) is 6.71. The fourth-order valence-corrected chi connectivity index (χ4v) is 4.78. The van der Waals surface area contributed by atoms with Crippen LogP contribution in [0.5, 0.6) is 11.5 Å². The first-order chi connectivity index (χ1) is 15.7. The summed E-state index contributed by atoms with van der Waals surface area (Å²) >= 11 is 0. The van der Waals surface area contributed by atoms with E-state index in [1.54, 1.807) is 14.2 Å². The van der Waals surface area contributed by atoms with Crippen molar-refractivity contribution in [2.75, 3.05) is 60.0 Å². The number of carbonyl (C=O) groups is 1. The highest BCUT2D eigenvalue weighted by Gasteiger charge is 2.28. The average molecular weight is 462 g/mol. The summed E-state index contributed by atoms with van der Waals surface area (Å²) < 4.78 is 16.8. The van der Waals surface area contributed by atoms with Gasteiger partial charge in [0.15, 0.2) is 0 Å². The zero-order valence-corrected chi connectivity index (χ0v) is 21.5. The molecule has 7 heteroatoms. The normalized spacial score (nSPS) is 18.9. The lowest BCUT2D eigenvalue weighted by Gasteiger charge is -2.39. The number of carbonyl (C=O) groups excluding carboxylic acids is 1. The fraction of sp³-hybridized carbons (Fsp3) is 0.731. The first-order valence-corrected chi connectivity index (χ1v) is 12.4. The van der Waals surface area contributed by atoms with Gasteiger partial charge in [0.05, 0.1) is 14.2 Å². The molecule has 0 saturated carbocycles. The highest BCUT2D eigenvalue weighted by atomic mass is 16.6. The van der Waals surface area contributed by atoms with Crippen LogP contribution in [0.15, 0.2) is 12.1 Å². The molecule has 0 unspecified atom stereocenters. The number of rotatable bonds is 7. The van der Waals surface area contributed by atoms with E-state index in [1.807, 2.05) is 25.7 Å². The molecule has 2 saturated heterocycles. The molecule has 0 atom stereocenters. The van der Waals surface area contributed by atoms with Crippen LogP contribution in [0.25, 0.3) is 0 Å². The molecule has 2 fully saturated rings. The van der Waals surface area contributed by atoms with Gasteiger partial charge in [-0.05, 0) is 63.6 Å². The maximum Gasteiger partial charge on any atom is 0.410 e. The van der Waals surface area contributed by atoms with E-state index in [2.05, 4.69) is 28.9 Å². The first kappa shape index (κ1) is 25.6. The molecular formula is C26H43N3O4. The summed E-state index contributed by atoms with van der Waals surface area (Å²) in [7, 11) is 3.48. The number of hydrogen-bond acceptors (Lipinski definition) is 6. The highest BCUT2D eigenvalue weighted by Crippen LogP contribution is 2.30. The number of piperazine rings is 1. The largest absolute Gasteiger partial charge is 0.496 e. The van der Waals surface area contributed by atoms with Gasteiger partial charge in [-0.15, -0.1) is 0 Å². The van der Waals surface area contributed by atoms with Crippen molar-refractivity contribution in [2.24, 2.45) is 5.92 Å². The molecule has 7 nitrogen and oxygen atoms in total. The molecule has 1 aromatic carbocycles. The lowest BCUT2D eigenvalue weighted by Crippen LogP contribution is -2.49. The number of benzene rings is 1. The van der Waals surface area contributed by atoms with Crippen molar-refractivity contribution < 1.29 is 19.0 Å². The minimum Gasteiger partial charge on any atom is -0.496 e. The first-order valence-electron chi connectivity index (χ1n) is 12.4. The van der Waals surface area contributed by atoms with Gasteiger partial charge in [0, 0.05) is 57.9 Å². The van der Waals surface area contributed by atoms with Crippen molar-refractivity contribution in [3.63, 3.8) is 0 Å². The Kier molecular flexibility index (Phi) is 8.88. The number of likely N-dealkylation sites (tertiary alicyclic amines) is 1. The predicted molar refractivity (Wildman–Crippen MR) is 131 cm³/mol. The smallest absolute Gasteiger partial charge is 0.410 e. The van der Waals surface area contributed by atoms with E-state index in [0.29, 0.717) is 5.92 Å². The summed E-state index contributed by atoms with van der Waals surface area (Å²) in [5.41, 5.74) is 1.94. The summed E-state index contributed by atoms with van der Waals surface area (Å²) in [5.74, 6) is 2.55. The molecule has 0 spiro atoms. The zero-order chi connectivity index (χ0) is 24.0. The van der Waals surface area contributed by atoms with Crippen LogP contribution in [-0.4, -0.2) is 86.4 Å². The molecule has 0 bridgehead atoms. The fourth-order valence-electron chi connectivity index (χ4n) is 4.78. The third kappa shape index (κ3) is 7.24. The monoisotopic (exact) mass is 461 g/mol. The second-order valence-electron chi connectivity index (χ2n) is 10.3. The van der Waals surface area contributed by atoms with Crippen LogP contribution >= 0.6 is 0 Å². The Bertz CT molecular complexity index is 776. The summed E-state index contributed by atoms with van der Waals surface area (Å²) in [6, 6.07) is 4.26. The third-order valence-electron chi connectivity index (χ3n) is 6.71. The van der Waals surface area contributed by atoms with Crippen molar-refractivity contribution in [1.29, 1.82) is 0 Å². The maximum atomic E-state index is 12.3. The summed E-state index contributed by atoms with van der Waals surface area (Å²) in [6.45, 7) is 15.8. The lowest BCUT2D eigenvalue weighted by atomic mass is 9.96. The molecule has 0 N–H and O–H groups in total. The minimum absolute atomic E-state index is 0.173. The number of hydrogen-bond donors (Lipinski definition) is 0. The second-order valence-corrected chi connectivity index (χ2v) is 10.3. The number of piperidine rings is 1. The maximum absolute atomic E-state index is 12.3. The van der Waals surface area contributed by atoms with Crippen LogP contribution in [-0.2, 0) is 17.7 Å². The van der Waals surface area contributed by atoms with Crippen LogP contribution in [0.4, 0.5) is 4.79 Å². The average Bonchev–Trinajstić information content (AvgIpc) is 2.79. The summed E-state index contributed by atoms with van der Waals surface area (Å²) in [5, 5.41) is 0. The number of amides is 1. The van der Waals surface area contributed by atoms with Gasteiger partial charge in [0.1, 0.15) is 17.1 Å². The summed E-state index contributed by atoms with van der Waals surface area (Å²) in [6.07, 6.45) is 2.86. The molecular weight excluding hydrogens is 418 g/mol. The predicted octanol–water partition coefficient (Wildman–Crippen LogP) is 4.03. The SMILES string of the molecule is CCc1cc(OC)c(CN2CCN(CC3CCN(C(=O)OC(C)(C)C)CC3)CC2)cc1OC. The van der Waals surface area contributed by atoms with E-state index in [4.69, 9.17) is 14.2 Å². The molecule has 1 aromatic rings. The molecule has 2 heterocycles. The van der Waals surface area contributed by atoms with Crippen molar-refractivity contribution in [3.8, 4) is 11.5 Å². The number of methoxy groups -OCH3 is 2. The quantitative estimate of drug-likeness (QED) is 0.611. The Morgan fingerprint density at radius 2 is 1.45 bits per heavy atom. The van der Waals surface area contributed by atoms with Gasteiger partial charge < -0.3 is 24.0 Å². The Morgan fingerprint density at radius 1 is 0.909 bits per heavy atom. The summed E-state index contributed by atoms with van der Waals surface area (Å²) in [4.78, 5) is 19.2. The van der Waals surface area contributed by atoms with Crippen LogP contribution in [0.3, 0.4) is 0 Å². The standard InChI is InChI=1S/C26H43N3O4/c1-7-21-16-24(32-6)22(17-23(21)31-5)19-28-14-12-27(13-15-28)18-20-8-10-29(11-9-20)25(30)33-26(2,3)4/h16-17,20H,7-15,18-19H2,1-6H3. The molecule has 2 aliphatic heterocycles. The zero-order valence-electron chi connectivity index (χ0n) is 21.5. The molecule has 0 aromatic heterocycles. The van der Waals surface area contributed by atoms with Gasteiger partial charge in [-0.25, -0.2) is 4.79 Å². The van der Waals surface area contributed by atoms with Gasteiger partial charge in [0.2, 0.25) is 0 Å². The molecule has 0 radical (unpaired) electrons. The minimum atomic E-state index is -0.430. The van der Waals surface area contributed by atoms with Crippen LogP contribution in [0, 0.1) is 5.92 Å². The molecule has 3 rings (SSSR count). The molecule has 186 valence electrons. The van der Waals surface area contributed by atoms with Gasteiger partial charge in [0.25, 0.3) is 0 Å². The lowest BCUT2D eigenvalue weighted by molar-refractivity contribution is 0.0159. The van der Waals surface area contributed by atoms with Crippen LogP contribution < -0.4 is 9.47 Å². The van der Waals surface area contributed by atoms with E-state index >= 15 is 0 Å². The van der Waals surface area contributed by atoms with Crippen LogP contribution in [0.1, 0.15) is 51.7 Å². The van der Waals surface area contributed by atoms with Gasteiger partial charge in [-0.1, -0.05) is 6.92 Å². The Balaban J connectivity index is 1.44. The van der Waals surface area contributed by atoms with Crippen molar-refractivity contribution >= 4 is 6.09 Å². The number of ether oxygens (including phenoxy) is 3. The second kappa shape index (κ2) is 11.4. The van der Waals surface area contributed by atoms with E-state index in [-0.39, 0.29) is 6.09 Å². The Labute approximate surface area is 200 Å². The Morgan fingerprint density at radius 3 is 2.00 bits per heavy atom. The van der Waals surface area contributed by atoms with E-state index in [0.717, 1.165) is 83.1 Å². The van der Waals surface area contributed by atoms with Gasteiger partial charge >= 0.3 is 6.09 Å². The highest BCUT2D eigenvalue weighted by molar-refractivity contribution is 5.68. The van der Waals surface area contributed by atoms with E-state index in [9.17, 15) is 4.79 Å². The van der Waals surface area contributed by atoms with Crippen molar-refractivity contribution in [1.82, 2.24) is 14.7 Å². The van der Waals surface area contributed by atoms with Crippen molar-refractivity contribution in [2.45, 2.75) is 59.1 Å². The number of aryl methyl sites for hydroxylation is 1. The van der Waals surface area contributed by atoms with Gasteiger partial charge in [-0.2, -0.15) is 0 Å². The van der Waals surface area contributed by atoms with Crippen LogP contribution in [0.2, 0.25) is 0 Å². The molecule has 33 heavy (non-hydrogen) atoms. The molecule has 2 aliphatic rings.